The molecule has 0 aliphatic heterocycles. The smallest absolute Gasteiger partial charge is 0.315 e. The lowest BCUT2D eigenvalue weighted by atomic mass is 10.3. The van der Waals surface area contributed by atoms with Crippen LogP contribution in [0, 0.1) is 0 Å². The molecule has 96 valence electrons. The summed E-state index contributed by atoms with van der Waals surface area (Å²) >= 11 is 0. The number of anilines is 1. The van der Waals surface area contributed by atoms with E-state index in [0.29, 0.717) is 31.4 Å². The molecule has 7 heteroatoms. The Morgan fingerprint density at radius 1 is 1.47 bits per heavy atom. The second-order valence-corrected chi connectivity index (χ2v) is 3.59. The number of nitrogens with one attached hydrogen (secondary N) is 3. The fourth-order valence-corrected chi connectivity index (χ4v) is 1.17. The second kappa shape index (κ2) is 6.85. The van der Waals surface area contributed by atoms with Gasteiger partial charge in [-0.05, 0) is 20.9 Å². The molecule has 1 unspecified atom stereocenters. The summed E-state index contributed by atoms with van der Waals surface area (Å²) in [6.07, 6.45) is 0.382. The van der Waals surface area contributed by atoms with Crippen LogP contribution < -0.4 is 16.0 Å². The van der Waals surface area contributed by atoms with Crippen LogP contribution in [0.4, 0.5) is 6.01 Å². The van der Waals surface area contributed by atoms with Gasteiger partial charge in [0, 0.05) is 19.5 Å². The molecule has 0 radical (unpaired) electrons. The average molecular weight is 241 g/mol. The van der Waals surface area contributed by atoms with Crippen molar-refractivity contribution < 1.29 is 9.21 Å². The zero-order valence-corrected chi connectivity index (χ0v) is 10.4. The van der Waals surface area contributed by atoms with E-state index in [-0.39, 0.29) is 11.9 Å². The molecule has 3 N–H and O–H groups in total. The minimum Gasteiger partial charge on any atom is -0.406 e. The van der Waals surface area contributed by atoms with Gasteiger partial charge < -0.3 is 20.4 Å². The predicted octanol–water partition coefficient (Wildman–Crippen LogP) is 0.288. The molecule has 0 spiro atoms. The quantitative estimate of drug-likeness (QED) is 0.635. The highest BCUT2D eigenvalue weighted by molar-refractivity contribution is 5.76. The number of nitrogens with zero attached hydrogens (tertiary/aromatic N) is 2. The van der Waals surface area contributed by atoms with E-state index in [4.69, 9.17) is 4.42 Å². The number of hydrogen-bond donors (Lipinski definition) is 3. The Balaban J connectivity index is 2.32. The van der Waals surface area contributed by atoms with E-state index in [1.807, 2.05) is 20.9 Å². The van der Waals surface area contributed by atoms with Crippen molar-refractivity contribution in [2.75, 3.05) is 25.5 Å². The van der Waals surface area contributed by atoms with Crippen molar-refractivity contribution in [3.63, 3.8) is 0 Å². The lowest BCUT2D eigenvalue weighted by Gasteiger charge is -2.03. The van der Waals surface area contributed by atoms with E-state index in [0.717, 1.165) is 0 Å². The Morgan fingerprint density at radius 3 is 2.88 bits per heavy atom. The van der Waals surface area contributed by atoms with Gasteiger partial charge in [-0.25, -0.2) is 0 Å². The fourth-order valence-electron chi connectivity index (χ4n) is 1.17. The van der Waals surface area contributed by atoms with Gasteiger partial charge >= 0.3 is 6.01 Å². The van der Waals surface area contributed by atoms with Crippen LogP contribution in [0.3, 0.4) is 0 Å². The Bertz CT molecular complexity index is 352. The summed E-state index contributed by atoms with van der Waals surface area (Å²) in [5, 5.41) is 16.3. The monoisotopic (exact) mass is 241 g/mol. The summed E-state index contributed by atoms with van der Waals surface area (Å²) in [6, 6.07) is 0.354. The van der Waals surface area contributed by atoms with E-state index in [9.17, 15) is 4.79 Å². The van der Waals surface area contributed by atoms with Crippen LogP contribution in [-0.2, 0) is 4.79 Å². The van der Waals surface area contributed by atoms with Crippen molar-refractivity contribution in [3.05, 3.63) is 5.89 Å². The lowest BCUT2D eigenvalue weighted by Crippen LogP contribution is -2.24. The maximum Gasteiger partial charge on any atom is 0.315 e. The molecule has 1 amide bonds. The fraction of sp³-hybridized carbons (Fsp3) is 0.700. The third-order valence-corrected chi connectivity index (χ3v) is 2.25. The molecular formula is C10H19N5O2. The van der Waals surface area contributed by atoms with E-state index in [1.54, 1.807) is 0 Å². The molecule has 7 nitrogen and oxygen atoms in total. The Morgan fingerprint density at radius 2 is 2.24 bits per heavy atom. The van der Waals surface area contributed by atoms with Crippen molar-refractivity contribution >= 4 is 11.9 Å². The topological polar surface area (TPSA) is 92.1 Å². The highest BCUT2D eigenvalue weighted by Gasteiger charge is 2.11. The van der Waals surface area contributed by atoms with Gasteiger partial charge in [0.2, 0.25) is 11.8 Å². The molecule has 1 rings (SSSR count). The SMILES string of the molecule is CCNC(=O)CCNc1nnc(C(C)NC)o1. The van der Waals surface area contributed by atoms with Crippen LogP contribution in [-0.4, -0.2) is 36.2 Å². The molecule has 0 bridgehead atoms. The zero-order valence-electron chi connectivity index (χ0n) is 10.4. The first kappa shape index (κ1) is 13.4. The summed E-state index contributed by atoms with van der Waals surface area (Å²) in [5.74, 6) is 0.524. The van der Waals surface area contributed by atoms with Gasteiger partial charge in [-0.15, -0.1) is 5.10 Å². The maximum atomic E-state index is 11.2. The zero-order chi connectivity index (χ0) is 12.7. The van der Waals surface area contributed by atoms with Gasteiger partial charge in [0.1, 0.15) is 0 Å². The third-order valence-electron chi connectivity index (χ3n) is 2.25. The average Bonchev–Trinajstić information content (AvgIpc) is 2.77. The molecule has 0 saturated carbocycles. The van der Waals surface area contributed by atoms with Gasteiger partial charge in [0.25, 0.3) is 0 Å². The number of amides is 1. The number of rotatable bonds is 7. The van der Waals surface area contributed by atoms with E-state index >= 15 is 0 Å². The van der Waals surface area contributed by atoms with Crippen LogP contribution in [0.25, 0.3) is 0 Å². The van der Waals surface area contributed by atoms with Gasteiger partial charge in [0.15, 0.2) is 0 Å². The molecule has 0 aromatic carbocycles. The van der Waals surface area contributed by atoms with Gasteiger partial charge in [-0.1, -0.05) is 5.10 Å². The van der Waals surface area contributed by atoms with Gasteiger partial charge in [0.05, 0.1) is 6.04 Å². The van der Waals surface area contributed by atoms with Gasteiger partial charge in [-0.3, -0.25) is 4.79 Å². The molecule has 17 heavy (non-hydrogen) atoms. The normalized spacial score (nSPS) is 12.2. The van der Waals surface area contributed by atoms with E-state index in [2.05, 4.69) is 26.1 Å². The van der Waals surface area contributed by atoms with E-state index < -0.39 is 0 Å². The van der Waals surface area contributed by atoms with Crippen molar-refractivity contribution in [1.29, 1.82) is 0 Å². The Hall–Kier alpha value is -1.63. The van der Waals surface area contributed by atoms with Crippen LogP contribution >= 0.6 is 0 Å². The molecule has 1 atom stereocenters. The first-order chi connectivity index (χ1) is 8.17. The van der Waals surface area contributed by atoms with Crippen molar-refractivity contribution in [3.8, 4) is 0 Å². The summed E-state index contributed by atoms with van der Waals surface area (Å²) in [5.41, 5.74) is 0. The largest absolute Gasteiger partial charge is 0.406 e. The molecule has 0 saturated heterocycles. The molecule has 0 aliphatic carbocycles. The molecule has 1 heterocycles. The summed E-state index contributed by atoms with van der Waals surface area (Å²) in [4.78, 5) is 11.2. The lowest BCUT2D eigenvalue weighted by molar-refractivity contribution is -0.120. The number of hydrogen-bond acceptors (Lipinski definition) is 6. The van der Waals surface area contributed by atoms with Crippen LogP contribution in [0.15, 0.2) is 4.42 Å². The maximum absolute atomic E-state index is 11.2. The summed E-state index contributed by atoms with van der Waals surface area (Å²) < 4.78 is 5.35. The first-order valence-corrected chi connectivity index (χ1v) is 5.68. The molecule has 0 aliphatic rings. The predicted molar refractivity (Wildman–Crippen MR) is 63.6 cm³/mol. The molecule has 1 aromatic rings. The summed E-state index contributed by atoms with van der Waals surface area (Å²) in [6.45, 7) is 4.92. The summed E-state index contributed by atoms with van der Waals surface area (Å²) in [7, 11) is 1.82. The molecule has 1 aromatic heterocycles. The standard InChI is InChI=1S/C10H19N5O2/c1-4-12-8(16)5-6-13-10-15-14-9(17-10)7(2)11-3/h7,11H,4-6H2,1-3H3,(H,12,16)(H,13,15). The Labute approximate surface area is 100 Å². The minimum absolute atomic E-state index is 0.00308. The molecular weight excluding hydrogens is 222 g/mol. The minimum atomic E-state index is 0.00308. The highest BCUT2D eigenvalue weighted by atomic mass is 16.4. The van der Waals surface area contributed by atoms with Gasteiger partial charge in [-0.2, -0.15) is 0 Å². The number of carbonyl (C=O) groups is 1. The van der Waals surface area contributed by atoms with E-state index in [1.165, 1.54) is 0 Å². The van der Waals surface area contributed by atoms with Crippen LogP contribution in [0.2, 0.25) is 0 Å². The van der Waals surface area contributed by atoms with Crippen LogP contribution in [0.5, 0.6) is 0 Å². The number of aromatic nitrogens is 2. The third kappa shape index (κ3) is 4.39. The molecule has 0 fully saturated rings. The van der Waals surface area contributed by atoms with Crippen molar-refractivity contribution in [1.82, 2.24) is 20.8 Å². The first-order valence-electron chi connectivity index (χ1n) is 5.68. The van der Waals surface area contributed by atoms with Crippen molar-refractivity contribution in [2.24, 2.45) is 0 Å². The number of carbonyl (C=O) groups excluding carboxylic acids is 1. The Kier molecular flexibility index (Phi) is 5.41. The van der Waals surface area contributed by atoms with Crippen molar-refractivity contribution in [2.45, 2.75) is 26.3 Å². The van der Waals surface area contributed by atoms with Crippen LogP contribution in [0.1, 0.15) is 32.2 Å². The second-order valence-electron chi connectivity index (χ2n) is 3.59. The highest BCUT2D eigenvalue weighted by Crippen LogP contribution is 2.12.